The molecule has 0 aliphatic carbocycles. The molecule has 6 rings (SSSR count). The molecule has 0 saturated carbocycles. The highest BCUT2D eigenvalue weighted by Crippen LogP contribution is 2.28. The fourth-order valence-electron chi connectivity index (χ4n) is 5.84. The van der Waals surface area contributed by atoms with Gasteiger partial charge in [0.15, 0.2) is 0 Å². The summed E-state index contributed by atoms with van der Waals surface area (Å²) in [6, 6.07) is 14.4. The minimum absolute atomic E-state index is 0.00295. The Kier molecular flexibility index (Phi) is 11.8. The second kappa shape index (κ2) is 16.0. The molecule has 2 aromatic heterocycles. The summed E-state index contributed by atoms with van der Waals surface area (Å²) in [7, 11) is 0. The van der Waals surface area contributed by atoms with Gasteiger partial charge >= 0.3 is 0 Å². The number of hydrogen-bond donors (Lipinski definition) is 2. The zero-order valence-electron chi connectivity index (χ0n) is 28.7. The Hall–Kier alpha value is -4.62. The van der Waals surface area contributed by atoms with Crippen LogP contribution in [0.15, 0.2) is 82.4 Å². The van der Waals surface area contributed by atoms with Gasteiger partial charge in [0, 0.05) is 12.1 Å². The molecule has 0 amide bonds. The van der Waals surface area contributed by atoms with Crippen molar-refractivity contribution in [1.82, 2.24) is 19.1 Å². The van der Waals surface area contributed by atoms with Crippen molar-refractivity contribution in [2.75, 3.05) is 0 Å². The maximum absolute atomic E-state index is 13.8. The fourth-order valence-corrected chi connectivity index (χ4v) is 6.34. The summed E-state index contributed by atoms with van der Waals surface area (Å²) in [6.45, 7) is 7.87. The normalized spacial score (nSPS) is 13.2. The van der Waals surface area contributed by atoms with Gasteiger partial charge < -0.3 is 11.5 Å². The molecule has 2 heterocycles. The van der Waals surface area contributed by atoms with Crippen molar-refractivity contribution in [2.24, 2.45) is 23.3 Å². The number of fused-ring (bicyclic) bond motifs is 2. The van der Waals surface area contributed by atoms with E-state index in [4.69, 9.17) is 34.7 Å². The summed E-state index contributed by atoms with van der Waals surface area (Å²) < 4.78 is 57.3. The summed E-state index contributed by atoms with van der Waals surface area (Å²) in [4.78, 5) is 35.3. The summed E-state index contributed by atoms with van der Waals surface area (Å²) in [5.74, 6) is -2.46. The second-order valence-electron chi connectivity index (χ2n) is 12.9. The molecule has 6 aromatic rings. The molecule has 0 saturated heterocycles. The van der Waals surface area contributed by atoms with Gasteiger partial charge in [0.1, 0.15) is 34.9 Å². The minimum atomic E-state index is -0.797. The van der Waals surface area contributed by atoms with Crippen LogP contribution in [0.5, 0.6) is 0 Å². The Morgan fingerprint density at radius 2 is 1.08 bits per heavy atom. The first-order valence-corrected chi connectivity index (χ1v) is 17.2. The zero-order chi connectivity index (χ0) is 38.0. The summed E-state index contributed by atoms with van der Waals surface area (Å²) in [6.07, 6.45) is 1.30. The first-order valence-electron chi connectivity index (χ1n) is 16.5. The summed E-state index contributed by atoms with van der Waals surface area (Å²) in [5.41, 5.74) is 12.4. The Morgan fingerprint density at radius 1 is 0.673 bits per heavy atom. The van der Waals surface area contributed by atoms with Crippen molar-refractivity contribution < 1.29 is 17.6 Å². The van der Waals surface area contributed by atoms with Crippen LogP contribution < -0.4 is 22.6 Å². The molecule has 272 valence electrons. The van der Waals surface area contributed by atoms with E-state index in [0.29, 0.717) is 17.5 Å². The van der Waals surface area contributed by atoms with E-state index in [0.717, 1.165) is 52.0 Å². The highest BCUT2D eigenvalue weighted by atomic mass is 35.5. The lowest BCUT2D eigenvalue weighted by Crippen LogP contribution is -2.31. The zero-order valence-corrected chi connectivity index (χ0v) is 30.2. The summed E-state index contributed by atoms with van der Waals surface area (Å²) in [5, 5.41) is 0.794. The average Bonchev–Trinajstić information content (AvgIpc) is 3.06. The first-order chi connectivity index (χ1) is 24.6. The van der Waals surface area contributed by atoms with Crippen LogP contribution in [-0.2, 0) is 0 Å². The van der Waals surface area contributed by atoms with Crippen LogP contribution >= 0.6 is 23.2 Å². The van der Waals surface area contributed by atoms with Gasteiger partial charge in [-0.05, 0) is 66.8 Å². The molecular formula is C38H36Cl2F4N6O2. The molecule has 0 aliphatic heterocycles. The van der Waals surface area contributed by atoms with Gasteiger partial charge in [0.05, 0.1) is 55.3 Å². The Morgan fingerprint density at radius 3 is 1.48 bits per heavy atom. The lowest BCUT2D eigenvalue weighted by Gasteiger charge is -2.22. The number of nitrogens with zero attached hydrogens (tertiary/aromatic N) is 4. The SMILES string of the molecule is CC(C)CC(N)c1nc2cccc(Cl)c2c(=O)n1-c1cc(F)cc(F)c1.CCC(C)C(N)c1nc2cccc(Cl)c2c(=O)n1-c1cc(F)cc(F)c1. The quantitative estimate of drug-likeness (QED) is 0.150. The van der Waals surface area contributed by atoms with E-state index in [1.54, 1.807) is 36.4 Å². The lowest BCUT2D eigenvalue weighted by molar-refractivity contribution is 0.431. The van der Waals surface area contributed by atoms with Crippen LogP contribution in [0.4, 0.5) is 17.6 Å². The van der Waals surface area contributed by atoms with Crippen molar-refractivity contribution >= 4 is 45.0 Å². The number of halogens is 6. The molecule has 0 bridgehead atoms. The molecule has 4 N–H and O–H groups in total. The highest BCUT2D eigenvalue weighted by Gasteiger charge is 2.24. The van der Waals surface area contributed by atoms with Crippen LogP contribution in [0.3, 0.4) is 0 Å². The van der Waals surface area contributed by atoms with Crippen molar-refractivity contribution in [1.29, 1.82) is 0 Å². The lowest BCUT2D eigenvalue weighted by atomic mass is 9.98. The highest BCUT2D eigenvalue weighted by molar-refractivity contribution is 6.35. The molecule has 8 nitrogen and oxygen atoms in total. The molecule has 4 aromatic carbocycles. The van der Waals surface area contributed by atoms with Crippen molar-refractivity contribution in [3.63, 3.8) is 0 Å². The predicted octanol–water partition coefficient (Wildman–Crippen LogP) is 8.73. The summed E-state index contributed by atoms with van der Waals surface area (Å²) >= 11 is 12.3. The van der Waals surface area contributed by atoms with Gasteiger partial charge in [-0.1, -0.05) is 69.5 Å². The molecular weight excluding hydrogens is 719 g/mol. The van der Waals surface area contributed by atoms with Crippen molar-refractivity contribution in [3.8, 4) is 11.4 Å². The van der Waals surface area contributed by atoms with Gasteiger partial charge in [0.25, 0.3) is 11.1 Å². The largest absolute Gasteiger partial charge is 0.321 e. The third-order valence-corrected chi connectivity index (χ3v) is 9.20. The van der Waals surface area contributed by atoms with E-state index in [2.05, 4.69) is 9.97 Å². The molecule has 14 heteroatoms. The molecule has 3 atom stereocenters. The molecule has 52 heavy (non-hydrogen) atoms. The number of hydrogen-bond acceptors (Lipinski definition) is 6. The molecule has 0 radical (unpaired) electrons. The van der Waals surface area contributed by atoms with Crippen LogP contribution in [-0.4, -0.2) is 19.1 Å². The van der Waals surface area contributed by atoms with Crippen LogP contribution in [0, 0.1) is 35.1 Å². The molecule has 0 aliphatic rings. The van der Waals surface area contributed by atoms with Gasteiger partial charge in [-0.25, -0.2) is 27.5 Å². The smallest absolute Gasteiger partial charge is 0.267 e. The van der Waals surface area contributed by atoms with E-state index < -0.39 is 46.5 Å². The Bertz CT molecular complexity index is 2360. The Labute approximate surface area is 306 Å². The van der Waals surface area contributed by atoms with Gasteiger partial charge in [-0.3, -0.25) is 18.7 Å². The standard InChI is InChI=1S/2C19H18ClF2N3O/c1-10(2)6-15(23)18-24-16-5-3-4-14(20)17(16)19(26)25(18)13-8-11(21)7-12(22)9-13;1-3-10(2)17(23)18-24-15-6-4-5-14(20)16(15)19(26)25(18)13-8-11(21)7-12(22)9-13/h3-5,7-10,15H,6,23H2,1-2H3;4-10,17H,3,23H2,1-2H3. The number of nitrogens with two attached hydrogens (primary N) is 2. The van der Waals surface area contributed by atoms with E-state index >= 15 is 0 Å². The molecule has 3 unspecified atom stereocenters. The monoisotopic (exact) mass is 754 g/mol. The van der Waals surface area contributed by atoms with E-state index in [1.165, 1.54) is 0 Å². The number of rotatable bonds is 8. The Balaban J connectivity index is 0.000000201. The second-order valence-corrected chi connectivity index (χ2v) is 13.7. The third-order valence-electron chi connectivity index (χ3n) is 8.57. The van der Waals surface area contributed by atoms with Gasteiger partial charge in [-0.2, -0.15) is 0 Å². The maximum atomic E-state index is 13.8. The topological polar surface area (TPSA) is 122 Å². The maximum Gasteiger partial charge on any atom is 0.267 e. The van der Waals surface area contributed by atoms with Crippen LogP contribution in [0.25, 0.3) is 33.2 Å². The van der Waals surface area contributed by atoms with E-state index in [-0.39, 0.29) is 55.7 Å². The molecule has 0 spiro atoms. The van der Waals surface area contributed by atoms with E-state index in [1.807, 2.05) is 27.7 Å². The number of aromatic nitrogens is 4. The van der Waals surface area contributed by atoms with Gasteiger partial charge in [0.2, 0.25) is 0 Å². The average molecular weight is 756 g/mol. The minimum Gasteiger partial charge on any atom is -0.321 e. The van der Waals surface area contributed by atoms with Crippen LogP contribution in [0.1, 0.15) is 64.3 Å². The third kappa shape index (κ3) is 8.05. The predicted molar refractivity (Wildman–Crippen MR) is 197 cm³/mol. The van der Waals surface area contributed by atoms with Gasteiger partial charge in [-0.15, -0.1) is 0 Å². The van der Waals surface area contributed by atoms with E-state index in [9.17, 15) is 27.2 Å². The van der Waals surface area contributed by atoms with Crippen molar-refractivity contribution in [3.05, 3.63) is 138 Å². The number of benzene rings is 4. The van der Waals surface area contributed by atoms with Crippen molar-refractivity contribution in [2.45, 2.75) is 52.6 Å². The fraction of sp³-hybridized carbons (Fsp3) is 0.263. The molecule has 0 fully saturated rings. The van der Waals surface area contributed by atoms with Crippen LogP contribution in [0.2, 0.25) is 10.0 Å². The first kappa shape index (κ1) is 38.6.